The molecule has 16 aromatic rings. The number of H-pyrrole nitrogens is 4. The summed E-state index contributed by atoms with van der Waals surface area (Å²) in [6, 6.07) is 46.6. The molecule has 0 spiro atoms. The second kappa shape index (κ2) is 42.4. The van der Waals surface area contributed by atoms with Gasteiger partial charge in [0.25, 0.3) is 23.6 Å². The van der Waals surface area contributed by atoms with Crippen LogP contribution < -0.4 is 26.2 Å². The largest absolute Gasteiger partial charge is 0.508 e. The van der Waals surface area contributed by atoms with Crippen LogP contribution in [0.25, 0.3) is 88.1 Å². The smallest absolute Gasteiger partial charge is 0.276 e. The molecule has 0 unspecified atom stereocenters. The standard InChI is InChI=1S/C29H33N7O.C25H26N6O.C25H25N5O2.C24H25N7O/c37-29(32-24-8-10-27(31-19-24)36-13-5-2-6-14-36)28-25-16-22(7-9-26(25)33-34-28)23-15-21(17-30-18-23)20-35-11-3-1-4-12-35;1-17-5-7-21(15-27-17)28-25(32)24-22-12-19(6-8-23(22)29-30-24)20-11-18(13-26-14-20)16-31-9-3-2-4-10-31;31-21-7-5-20(6-8-21)27-25(32)24-22-13-18(4-9-23(22)28-29-24)19-12-17(14-26-15-19)16-30-10-2-1-3-11-30;1-16-26-13-20(14-27-16)28-24(32)23-21-10-18(5-6-22(21)29-30-23)19-9-17(11-25-12-19)15-31-7-3-2-4-8-31/h7-10,15-19H,1-6,11-14,20H2,(H,32,37)(H,33,34);5-8,11-15H,2-4,9-10,16H2,1H3,(H,28,32)(H,29,30);4-9,12-15,31H,1-3,10-11,16H2,(H,27,32)(H,28,29);5-6,9-14H,2-4,7-8,15H2,1H3,(H,28,32)(H,29,30). The molecule has 5 fully saturated rings. The van der Waals surface area contributed by atoms with E-state index in [0.717, 1.165) is 191 Å². The summed E-state index contributed by atoms with van der Waals surface area (Å²) in [6.45, 7) is 18.7. The van der Waals surface area contributed by atoms with Crippen molar-refractivity contribution < 1.29 is 24.3 Å². The number of piperidine rings is 5. The summed E-state index contributed by atoms with van der Waals surface area (Å²) in [5.41, 5.74) is 20.9. The van der Waals surface area contributed by atoms with E-state index in [9.17, 15) is 24.3 Å². The van der Waals surface area contributed by atoms with Gasteiger partial charge >= 0.3 is 0 Å². The normalized spacial score (nSPS) is 15.1. The van der Waals surface area contributed by atoms with Gasteiger partial charge < -0.3 is 31.3 Å². The Balaban J connectivity index is 0.000000119. The fourth-order valence-corrected chi connectivity index (χ4v) is 18.0. The van der Waals surface area contributed by atoms with Gasteiger partial charge in [0.1, 0.15) is 17.4 Å². The number of aromatic hydroxyl groups is 1. The van der Waals surface area contributed by atoms with Crippen LogP contribution in [-0.2, 0) is 26.2 Å². The zero-order valence-electron chi connectivity index (χ0n) is 75.0. The molecule has 5 saturated heterocycles. The fourth-order valence-electron chi connectivity index (χ4n) is 18.0. The van der Waals surface area contributed by atoms with Gasteiger partial charge in [-0.2, -0.15) is 20.4 Å². The number of nitrogens with zero attached hydrogens (tertiary/aromatic N) is 17. The van der Waals surface area contributed by atoms with E-state index in [1.165, 1.54) is 131 Å². The number of carbonyl (C=O) groups is 4. The molecule has 5 aliphatic heterocycles. The second-order valence-corrected chi connectivity index (χ2v) is 35.0. The summed E-state index contributed by atoms with van der Waals surface area (Å²) in [6.07, 6.45) is 40.9. The molecule has 676 valence electrons. The minimum Gasteiger partial charge on any atom is -0.508 e. The van der Waals surface area contributed by atoms with Gasteiger partial charge in [-0.1, -0.05) is 49.9 Å². The Kier molecular flexibility index (Phi) is 28.4. The van der Waals surface area contributed by atoms with E-state index >= 15 is 0 Å². The average Bonchev–Trinajstić information content (AvgIpc) is 1.68. The Hall–Kier alpha value is -14.7. The molecule has 133 heavy (non-hydrogen) atoms. The Morgan fingerprint density at radius 3 is 0.902 bits per heavy atom. The maximum Gasteiger partial charge on any atom is 0.276 e. The highest BCUT2D eigenvalue weighted by atomic mass is 16.3. The summed E-state index contributed by atoms with van der Waals surface area (Å²) < 4.78 is 0. The zero-order valence-corrected chi connectivity index (χ0v) is 75.0. The van der Waals surface area contributed by atoms with Crippen molar-refractivity contribution >= 4 is 95.8 Å². The number of rotatable bonds is 21. The lowest BCUT2D eigenvalue weighted by Crippen LogP contribution is -2.30. The molecule has 0 bridgehead atoms. The van der Waals surface area contributed by atoms with Crippen molar-refractivity contribution in [3.05, 3.63) is 277 Å². The van der Waals surface area contributed by atoms with Crippen LogP contribution in [0, 0.1) is 13.8 Å². The molecule has 9 N–H and O–H groups in total. The number of benzene rings is 5. The lowest BCUT2D eigenvalue weighted by Gasteiger charge is -2.27. The van der Waals surface area contributed by atoms with Crippen LogP contribution in [0.5, 0.6) is 5.75 Å². The number of phenols is 1. The summed E-state index contributed by atoms with van der Waals surface area (Å²) in [7, 11) is 0. The van der Waals surface area contributed by atoms with E-state index in [-0.39, 0.29) is 29.4 Å². The van der Waals surface area contributed by atoms with Crippen LogP contribution in [0.1, 0.15) is 172 Å². The number of hydrogen-bond acceptors (Lipinski definition) is 22. The van der Waals surface area contributed by atoms with Gasteiger partial charge in [0.05, 0.1) is 63.9 Å². The molecule has 16 heterocycles. The van der Waals surface area contributed by atoms with Gasteiger partial charge in [-0.05, 0) is 303 Å². The highest BCUT2D eigenvalue weighted by molar-refractivity contribution is 6.14. The predicted octanol–water partition coefficient (Wildman–Crippen LogP) is 18.3. The van der Waals surface area contributed by atoms with E-state index in [1.54, 1.807) is 43.8 Å². The molecule has 30 heteroatoms. The Bertz CT molecular complexity index is 6240. The number of carbonyl (C=O) groups excluding carboxylic acids is 4. The maximum atomic E-state index is 13.1. The number of likely N-dealkylation sites (tertiary alicyclic amines) is 4. The van der Waals surface area contributed by atoms with Crippen LogP contribution in [-0.4, -0.2) is 194 Å². The van der Waals surface area contributed by atoms with Crippen LogP contribution in [0.4, 0.5) is 28.6 Å². The SMILES string of the molecule is Cc1ccc(NC(=O)c2n[nH]c3ccc(-c4cncc(CN5CCCCC5)c4)cc23)cn1.Cc1ncc(NC(=O)c2n[nH]c3ccc(-c4cncc(CN5CCCCC5)c4)cc23)cn1.O=C(Nc1ccc(N2CCCCC2)nc1)c1n[nH]c2ccc(-c3cncc(CN4CCCCC4)c3)cc12.O=C(Nc1ccc(O)cc1)c1n[nH]c2ccc(-c3cncc(CN4CCCCC4)c3)cc12. The van der Waals surface area contributed by atoms with Gasteiger partial charge in [0.15, 0.2) is 22.8 Å². The molecule has 0 saturated carbocycles. The second-order valence-electron chi connectivity index (χ2n) is 35.0. The van der Waals surface area contributed by atoms with E-state index in [4.69, 9.17) is 0 Å². The Labute approximate surface area is 770 Å². The van der Waals surface area contributed by atoms with Crippen LogP contribution in [0.3, 0.4) is 0 Å². The lowest BCUT2D eigenvalue weighted by atomic mass is 10.0. The molecule has 21 rings (SSSR count). The van der Waals surface area contributed by atoms with Crippen molar-refractivity contribution in [3.63, 3.8) is 0 Å². The van der Waals surface area contributed by atoms with E-state index < -0.39 is 0 Å². The number of nitrogens with one attached hydrogen (secondary N) is 8. The van der Waals surface area contributed by atoms with Crippen molar-refractivity contribution in [3.8, 4) is 50.3 Å². The average molecular weight is 1780 g/mol. The maximum absolute atomic E-state index is 13.1. The number of aromatic nitrogens is 16. The first-order valence-electron chi connectivity index (χ1n) is 46.3. The van der Waals surface area contributed by atoms with E-state index in [0.29, 0.717) is 51.3 Å². The van der Waals surface area contributed by atoms with E-state index in [2.05, 4.69) is 151 Å². The van der Waals surface area contributed by atoms with Crippen LogP contribution in [0.2, 0.25) is 0 Å². The molecular formula is C103H109N25O5. The molecule has 5 aliphatic rings. The number of pyridine rings is 6. The first-order valence-corrected chi connectivity index (χ1v) is 46.3. The molecule has 30 nitrogen and oxygen atoms in total. The molecule has 0 atom stereocenters. The van der Waals surface area contributed by atoms with Crippen molar-refractivity contribution in [2.75, 3.05) is 91.6 Å². The third-order valence-corrected chi connectivity index (χ3v) is 25.1. The molecule has 11 aromatic heterocycles. The first kappa shape index (κ1) is 88.9. The number of anilines is 5. The minimum atomic E-state index is -0.309. The highest BCUT2D eigenvalue weighted by Gasteiger charge is 2.25. The Morgan fingerprint density at radius 2 is 0.586 bits per heavy atom. The third-order valence-electron chi connectivity index (χ3n) is 25.1. The van der Waals surface area contributed by atoms with Crippen molar-refractivity contribution in [2.45, 2.75) is 136 Å². The summed E-state index contributed by atoms with van der Waals surface area (Å²) in [5, 5.41) is 52.9. The van der Waals surface area contributed by atoms with Gasteiger partial charge in [-0.3, -0.25) is 84.1 Å². The van der Waals surface area contributed by atoms with Crippen molar-refractivity contribution in [1.82, 2.24) is 100 Å². The summed E-state index contributed by atoms with van der Waals surface area (Å²) in [5.74, 6) is 0.615. The van der Waals surface area contributed by atoms with Gasteiger partial charge in [-0.25, -0.2) is 15.0 Å². The zero-order chi connectivity index (χ0) is 90.8. The number of hydrogen-bond donors (Lipinski definition) is 9. The molecular weight excluding hydrogens is 1670 g/mol. The number of amides is 4. The Morgan fingerprint density at radius 1 is 0.293 bits per heavy atom. The summed E-state index contributed by atoms with van der Waals surface area (Å²) in [4.78, 5) is 98.9. The molecule has 5 aromatic carbocycles. The quantitative estimate of drug-likeness (QED) is 0.0302. The number of fused-ring (bicyclic) bond motifs is 4. The van der Waals surface area contributed by atoms with Gasteiger partial charge in [0, 0.05) is 144 Å². The summed E-state index contributed by atoms with van der Waals surface area (Å²) >= 11 is 0. The van der Waals surface area contributed by atoms with Crippen molar-refractivity contribution in [2.24, 2.45) is 0 Å². The number of phenolic OH excluding ortho intramolecular Hbond substituents is 1. The van der Waals surface area contributed by atoms with Gasteiger partial charge in [0.2, 0.25) is 0 Å². The molecule has 4 amide bonds. The number of aryl methyl sites for hydroxylation is 2. The first-order chi connectivity index (χ1) is 65.2. The van der Waals surface area contributed by atoms with Crippen LogP contribution >= 0.6 is 0 Å². The third kappa shape index (κ3) is 22.8. The molecule has 0 aliphatic carbocycles. The fraction of sp³-hybridized carbons (Fsp3) is 0.301. The molecule has 0 radical (unpaired) electrons. The number of aromatic amines is 4. The van der Waals surface area contributed by atoms with Gasteiger partial charge in [-0.15, -0.1) is 0 Å². The lowest BCUT2D eigenvalue weighted by molar-refractivity contribution is 0.101. The van der Waals surface area contributed by atoms with Crippen LogP contribution in [0.15, 0.2) is 220 Å². The monoisotopic (exact) mass is 1780 g/mol. The topological polar surface area (TPSA) is 371 Å². The predicted molar refractivity (Wildman–Crippen MR) is 520 cm³/mol. The van der Waals surface area contributed by atoms with E-state index in [1.807, 2.05) is 154 Å². The highest BCUT2D eigenvalue weighted by Crippen LogP contribution is 2.34. The minimum absolute atomic E-state index is 0.147. The van der Waals surface area contributed by atoms with Crippen molar-refractivity contribution in [1.29, 1.82) is 0 Å².